The summed E-state index contributed by atoms with van der Waals surface area (Å²) < 4.78 is 26.8. The van der Waals surface area contributed by atoms with Crippen molar-refractivity contribution in [1.29, 1.82) is 0 Å². The van der Waals surface area contributed by atoms with Gasteiger partial charge in [-0.15, -0.1) is 0 Å². The second kappa shape index (κ2) is 4.06. The Labute approximate surface area is 93.9 Å². The standard InChI is InChI=1S/C11H6BrF2N/c12-9-4-2-1-3-8(9)11-10(14)5-7(13)6-15-11/h1-6H. The lowest BCUT2D eigenvalue weighted by Gasteiger charge is -2.04. The van der Waals surface area contributed by atoms with E-state index in [0.717, 1.165) is 16.7 Å². The van der Waals surface area contributed by atoms with E-state index in [9.17, 15) is 8.78 Å². The van der Waals surface area contributed by atoms with Gasteiger partial charge in [0, 0.05) is 16.1 Å². The molecule has 0 aliphatic heterocycles. The van der Waals surface area contributed by atoms with Crippen LogP contribution in [-0.2, 0) is 0 Å². The summed E-state index contributed by atoms with van der Waals surface area (Å²) in [7, 11) is 0. The molecule has 0 radical (unpaired) electrons. The average molecular weight is 270 g/mol. The van der Waals surface area contributed by atoms with Crippen LogP contribution in [0.15, 0.2) is 41.0 Å². The third kappa shape index (κ3) is 2.04. The summed E-state index contributed by atoms with van der Waals surface area (Å²) >= 11 is 3.29. The Morgan fingerprint density at radius 2 is 1.87 bits per heavy atom. The molecule has 0 saturated heterocycles. The molecule has 0 amide bonds. The number of rotatable bonds is 1. The van der Waals surface area contributed by atoms with Crippen LogP contribution in [0.1, 0.15) is 0 Å². The van der Waals surface area contributed by atoms with Crippen molar-refractivity contribution in [3.05, 3.63) is 52.6 Å². The highest BCUT2D eigenvalue weighted by atomic mass is 79.9. The van der Waals surface area contributed by atoms with Gasteiger partial charge in [0.2, 0.25) is 0 Å². The van der Waals surface area contributed by atoms with Crippen molar-refractivity contribution >= 4 is 15.9 Å². The van der Waals surface area contributed by atoms with Gasteiger partial charge in [-0.05, 0) is 6.07 Å². The van der Waals surface area contributed by atoms with Crippen LogP contribution in [0.3, 0.4) is 0 Å². The second-order valence-corrected chi connectivity index (χ2v) is 3.82. The maximum absolute atomic E-state index is 13.4. The van der Waals surface area contributed by atoms with E-state index in [-0.39, 0.29) is 5.69 Å². The Balaban J connectivity index is 2.60. The van der Waals surface area contributed by atoms with Gasteiger partial charge < -0.3 is 0 Å². The molecule has 15 heavy (non-hydrogen) atoms. The van der Waals surface area contributed by atoms with Gasteiger partial charge in [-0.2, -0.15) is 0 Å². The van der Waals surface area contributed by atoms with Gasteiger partial charge in [0.15, 0.2) is 5.82 Å². The zero-order valence-corrected chi connectivity index (χ0v) is 9.13. The minimum Gasteiger partial charge on any atom is -0.250 e. The number of hydrogen-bond acceptors (Lipinski definition) is 1. The van der Waals surface area contributed by atoms with E-state index in [1.54, 1.807) is 18.2 Å². The number of benzene rings is 1. The van der Waals surface area contributed by atoms with E-state index in [4.69, 9.17) is 0 Å². The summed E-state index contributed by atoms with van der Waals surface area (Å²) in [5.41, 5.74) is 0.749. The Morgan fingerprint density at radius 1 is 1.13 bits per heavy atom. The fraction of sp³-hybridized carbons (Fsp3) is 0. The van der Waals surface area contributed by atoms with E-state index < -0.39 is 11.6 Å². The molecule has 2 aromatic rings. The zero-order chi connectivity index (χ0) is 10.8. The predicted molar refractivity (Wildman–Crippen MR) is 57.3 cm³/mol. The smallest absolute Gasteiger partial charge is 0.152 e. The number of pyridine rings is 1. The van der Waals surface area contributed by atoms with Crippen LogP contribution in [0.2, 0.25) is 0 Å². The summed E-state index contributed by atoms with van der Waals surface area (Å²) in [6.07, 6.45) is 0.998. The van der Waals surface area contributed by atoms with Crippen LogP contribution >= 0.6 is 15.9 Å². The van der Waals surface area contributed by atoms with E-state index >= 15 is 0 Å². The summed E-state index contributed by atoms with van der Waals surface area (Å²) in [4.78, 5) is 3.73. The minimum atomic E-state index is -0.677. The van der Waals surface area contributed by atoms with Gasteiger partial charge in [0.05, 0.1) is 6.20 Å². The molecule has 1 aromatic heterocycles. The molecule has 0 aliphatic rings. The molecule has 0 N–H and O–H groups in total. The lowest BCUT2D eigenvalue weighted by Crippen LogP contribution is -1.91. The molecule has 0 unspecified atom stereocenters. The first kappa shape index (κ1) is 10.2. The van der Waals surface area contributed by atoms with Crippen LogP contribution < -0.4 is 0 Å². The molecule has 0 spiro atoms. The maximum Gasteiger partial charge on any atom is 0.152 e. The number of hydrogen-bond donors (Lipinski definition) is 0. The Kier molecular flexibility index (Phi) is 2.77. The van der Waals surface area contributed by atoms with Gasteiger partial charge in [0.1, 0.15) is 11.5 Å². The first-order valence-corrected chi connectivity index (χ1v) is 5.04. The quantitative estimate of drug-likeness (QED) is 0.768. The fourth-order valence-electron chi connectivity index (χ4n) is 1.27. The monoisotopic (exact) mass is 269 g/mol. The van der Waals surface area contributed by atoms with Crippen LogP contribution in [0.4, 0.5) is 8.78 Å². The molecule has 1 heterocycles. The second-order valence-electron chi connectivity index (χ2n) is 2.96. The lowest BCUT2D eigenvalue weighted by atomic mass is 10.1. The molecular formula is C11H6BrF2N. The first-order valence-electron chi connectivity index (χ1n) is 4.24. The third-order valence-corrected chi connectivity index (χ3v) is 2.63. The number of halogens is 3. The third-order valence-electron chi connectivity index (χ3n) is 1.94. The van der Waals surface area contributed by atoms with Crippen molar-refractivity contribution in [2.24, 2.45) is 0 Å². The van der Waals surface area contributed by atoms with Crippen LogP contribution in [-0.4, -0.2) is 4.98 Å². The molecule has 0 aliphatic carbocycles. The largest absolute Gasteiger partial charge is 0.250 e. The van der Waals surface area contributed by atoms with Crippen molar-refractivity contribution in [3.8, 4) is 11.3 Å². The average Bonchev–Trinajstić information content (AvgIpc) is 2.20. The summed E-state index contributed by atoms with van der Waals surface area (Å²) in [5.74, 6) is -1.34. The van der Waals surface area contributed by atoms with Crippen LogP contribution in [0.25, 0.3) is 11.3 Å². The molecule has 0 fully saturated rings. The molecule has 76 valence electrons. The van der Waals surface area contributed by atoms with Crippen molar-refractivity contribution < 1.29 is 8.78 Å². The highest BCUT2D eigenvalue weighted by Crippen LogP contribution is 2.28. The lowest BCUT2D eigenvalue weighted by molar-refractivity contribution is 0.576. The van der Waals surface area contributed by atoms with E-state index in [2.05, 4.69) is 20.9 Å². The maximum atomic E-state index is 13.4. The number of aromatic nitrogens is 1. The minimum absolute atomic E-state index is 0.142. The molecule has 2 rings (SSSR count). The highest BCUT2D eigenvalue weighted by Gasteiger charge is 2.10. The molecular weight excluding hydrogens is 264 g/mol. The van der Waals surface area contributed by atoms with E-state index in [1.165, 1.54) is 0 Å². The Bertz CT molecular complexity index is 500. The summed E-state index contributed by atoms with van der Waals surface area (Å²) in [6.45, 7) is 0. The first-order chi connectivity index (χ1) is 7.18. The van der Waals surface area contributed by atoms with Crippen molar-refractivity contribution in [2.45, 2.75) is 0 Å². The predicted octanol–water partition coefficient (Wildman–Crippen LogP) is 3.79. The molecule has 0 bridgehead atoms. The number of nitrogens with zero attached hydrogens (tertiary/aromatic N) is 1. The zero-order valence-electron chi connectivity index (χ0n) is 7.55. The molecule has 0 saturated carbocycles. The van der Waals surface area contributed by atoms with Gasteiger partial charge >= 0.3 is 0 Å². The molecule has 1 aromatic carbocycles. The fourth-order valence-corrected chi connectivity index (χ4v) is 1.74. The van der Waals surface area contributed by atoms with Gasteiger partial charge in [0.25, 0.3) is 0 Å². The SMILES string of the molecule is Fc1cnc(-c2ccccc2Br)c(F)c1. The molecule has 1 nitrogen and oxygen atoms in total. The summed E-state index contributed by atoms with van der Waals surface area (Å²) in [5, 5.41) is 0. The topological polar surface area (TPSA) is 12.9 Å². The van der Waals surface area contributed by atoms with Crippen molar-refractivity contribution in [2.75, 3.05) is 0 Å². The van der Waals surface area contributed by atoms with E-state index in [1.807, 2.05) is 6.07 Å². The van der Waals surface area contributed by atoms with Gasteiger partial charge in [-0.1, -0.05) is 34.1 Å². The Morgan fingerprint density at radius 3 is 2.53 bits per heavy atom. The van der Waals surface area contributed by atoms with Gasteiger partial charge in [-0.25, -0.2) is 8.78 Å². The normalized spacial score (nSPS) is 10.3. The van der Waals surface area contributed by atoms with Crippen molar-refractivity contribution in [1.82, 2.24) is 4.98 Å². The summed E-state index contributed by atoms with van der Waals surface area (Å²) in [6, 6.07) is 7.90. The highest BCUT2D eigenvalue weighted by molar-refractivity contribution is 9.10. The Hall–Kier alpha value is -1.29. The van der Waals surface area contributed by atoms with Crippen LogP contribution in [0.5, 0.6) is 0 Å². The van der Waals surface area contributed by atoms with Gasteiger partial charge in [-0.3, -0.25) is 4.98 Å². The van der Waals surface area contributed by atoms with E-state index in [0.29, 0.717) is 5.56 Å². The van der Waals surface area contributed by atoms with Crippen LogP contribution in [0, 0.1) is 11.6 Å². The molecule has 0 atom stereocenters. The molecule has 4 heteroatoms. The van der Waals surface area contributed by atoms with Crippen molar-refractivity contribution in [3.63, 3.8) is 0 Å².